The largest absolute Gasteiger partial charge is 0.469 e. The topological polar surface area (TPSA) is 64.2 Å². The Morgan fingerprint density at radius 2 is 1.93 bits per heavy atom. The van der Waals surface area contributed by atoms with Gasteiger partial charge in [-0.1, -0.05) is 42.1 Å². The van der Waals surface area contributed by atoms with Crippen molar-refractivity contribution in [1.29, 1.82) is 0 Å². The van der Waals surface area contributed by atoms with Gasteiger partial charge in [-0.3, -0.25) is 9.36 Å². The maximum atomic E-state index is 12.7. The van der Waals surface area contributed by atoms with Crippen molar-refractivity contribution in [2.45, 2.75) is 43.6 Å². The second-order valence-corrected chi connectivity index (χ2v) is 8.37. The molecule has 1 amide bonds. The number of hydrogen-bond donors (Lipinski definition) is 0. The van der Waals surface area contributed by atoms with Gasteiger partial charge in [0.25, 0.3) is 0 Å². The molecule has 3 aromatic rings. The van der Waals surface area contributed by atoms with E-state index >= 15 is 0 Å². The second kappa shape index (κ2) is 8.22. The third-order valence-electron chi connectivity index (χ3n) is 5.05. The van der Waals surface area contributed by atoms with Gasteiger partial charge in [-0.2, -0.15) is 0 Å². The number of hydrogen-bond acceptors (Lipinski definition) is 5. The van der Waals surface area contributed by atoms with Gasteiger partial charge in [0, 0.05) is 13.1 Å². The Balaban J connectivity index is 1.63. The molecule has 1 aliphatic heterocycles. The number of aromatic nitrogens is 3. The number of aryl methyl sites for hydroxylation is 1. The normalized spacial score (nSPS) is 15.1. The van der Waals surface area contributed by atoms with Gasteiger partial charge in [0.2, 0.25) is 5.91 Å². The highest BCUT2D eigenvalue weighted by molar-refractivity contribution is 8.00. The Morgan fingerprint density at radius 3 is 2.61 bits per heavy atom. The van der Waals surface area contributed by atoms with Crippen LogP contribution in [0.25, 0.3) is 11.4 Å². The summed E-state index contributed by atoms with van der Waals surface area (Å²) in [4.78, 5) is 14.7. The Bertz CT molecular complexity index is 944. The van der Waals surface area contributed by atoms with E-state index in [-0.39, 0.29) is 11.2 Å². The van der Waals surface area contributed by atoms with Crippen molar-refractivity contribution in [3.63, 3.8) is 0 Å². The average Bonchev–Trinajstić information content (AvgIpc) is 3.45. The highest BCUT2D eigenvalue weighted by Crippen LogP contribution is 2.30. The quantitative estimate of drug-likeness (QED) is 0.589. The van der Waals surface area contributed by atoms with Gasteiger partial charge >= 0.3 is 0 Å². The molecule has 1 fully saturated rings. The number of carbonyl (C=O) groups excluding carboxylic acids is 1. The number of likely N-dealkylation sites (tertiary alicyclic amines) is 1. The number of thioether (sulfide) groups is 1. The molecule has 4 rings (SSSR count). The molecule has 0 spiro atoms. The van der Waals surface area contributed by atoms with Crippen molar-refractivity contribution >= 4 is 17.7 Å². The molecule has 1 aliphatic rings. The van der Waals surface area contributed by atoms with Crippen molar-refractivity contribution in [1.82, 2.24) is 19.7 Å². The number of nitrogens with zero attached hydrogens (tertiary/aromatic N) is 4. The first kappa shape index (κ1) is 18.8. The zero-order valence-corrected chi connectivity index (χ0v) is 17.0. The third-order valence-corrected chi connectivity index (χ3v) is 6.12. The lowest BCUT2D eigenvalue weighted by molar-refractivity contribution is -0.129. The van der Waals surface area contributed by atoms with Crippen LogP contribution < -0.4 is 0 Å². The predicted molar refractivity (Wildman–Crippen MR) is 109 cm³/mol. The van der Waals surface area contributed by atoms with Crippen molar-refractivity contribution < 1.29 is 9.21 Å². The van der Waals surface area contributed by atoms with Gasteiger partial charge in [-0.25, -0.2) is 0 Å². The van der Waals surface area contributed by atoms with Crippen molar-refractivity contribution in [3.05, 3.63) is 54.0 Å². The number of rotatable bonds is 6. The lowest BCUT2D eigenvalue weighted by Gasteiger charge is -2.20. The van der Waals surface area contributed by atoms with Crippen molar-refractivity contribution in [2.75, 3.05) is 13.1 Å². The molecule has 1 unspecified atom stereocenters. The summed E-state index contributed by atoms with van der Waals surface area (Å²) in [5.74, 6) is 1.75. The van der Waals surface area contributed by atoms with Crippen LogP contribution in [-0.2, 0) is 11.3 Å². The molecule has 1 atom stereocenters. The van der Waals surface area contributed by atoms with Crippen LogP contribution in [0.1, 0.15) is 31.1 Å². The summed E-state index contributed by atoms with van der Waals surface area (Å²) < 4.78 is 7.55. The molecule has 0 N–H and O–H groups in total. The zero-order valence-electron chi connectivity index (χ0n) is 16.2. The molecule has 0 saturated carbocycles. The van der Waals surface area contributed by atoms with E-state index in [1.54, 1.807) is 6.26 Å². The molecule has 3 heterocycles. The lowest BCUT2D eigenvalue weighted by Crippen LogP contribution is -2.34. The molecular formula is C21H24N4O2S. The molecule has 2 aromatic heterocycles. The summed E-state index contributed by atoms with van der Waals surface area (Å²) in [7, 11) is 0. The Morgan fingerprint density at radius 1 is 1.18 bits per heavy atom. The third kappa shape index (κ3) is 3.85. The van der Waals surface area contributed by atoms with Crippen LogP contribution in [0.2, 0.25) is 0 Å². The molecule has 0 radical (unpaired) electrons. The molecule has 1 aromatic carbocycles. The first-order chi connectivity index (χ1) is 13.6. The van der Waals surface area contributed by atoms with E-state index in [2.05, 4.69) is 26.9 Å². The SMILES string of the molecule is Cc1occc1-c1nnc(SC(C)C(=O)N2CCCC2)n1Cc1ccccc1. The molecule has 0 aliphatic carbocycles. The second-order valence-electron chi connectivity index (χ2n) is 7.06. The summed E-state index contributed by atoms with van der Waals surface area (Å²) in [6.45, 7) is 6.24. The van der Waals surface area contributed by atoms with Crippen molar-refractivity contribution in [2.24, 2.45) is 0 Å². The van der Waals surface area contributed by atoms with Crippen LogP contribution in [0.4, 0.5) is 0 Å². The van der Waals surface area contributed by atoms with Crippen LogP contribution in [0.3, 0.4) is 0 Å². The highest BCUT2D eigenvalue weighted by Gasteiger charge is 2.27. The van der Waals surface area contributed by atoms with Gasteiger partial charge in [-0.05, 0) is 38.3 Å². The molecule has 7 heteroatoms. The van der Waals surface area contributed by atoms with Crippen molar-refractivity contribution in [3.8, 4) is 11.4 Å². The van der Waals surface area contributed by atoms with E-state index < -0.39 is 0 Å². The van der Waals surface area contributed by atoms with Crippen LogP contribution in [0.5, 0.6) is 0 Å². The minimum atomic E-state index is -0.199. The summed E-state index contributed by atoms with van der Waals surface area (Å²) in [6, 6.07) is 12.1. The monoisotopic (exact) mass is 396 g/mol. The average molecular weight is 397 g/mol. The van der Waals surface area contributed by atoms with Gasteiger partial charge in [-0.15, -0.1) is 10.2 Å². The molecule has 0 bridgehead atoms. The highest BCUT2D eigenvalue weighted by atomic mass is 32.2. The minimum Gasteiger partial charge on any atom is -0.469 e. The number of carbonyl (C=O) groups is 1. The summed E-state index contributed by atoms with van der Waals surface area (Å²) in [6.07, 6.45) is 3.85. The molecular weight excluding hydrogens is 372 g/mol. The zero-order chi connectivity index (χ0) is 19.5. The first-order valence-electron chi connectivity index (χ1n) is 9.60. The Kier molecular flexibility index (Phi) is 5.52. The Labute approximate surface area is 168 Å². The molecule has 1 saturated heterocycles. The predicted octanol–water partition coefficient (Wildman–Crippen LogP) is 4.00. The Hall–Kier alpha value is -2.54. The van der Waals surface area contributed by atoms with Crippen LogP contribution in [0, 0.1) is 6.92 Å². The fourth-order valence-electron chi connectivity index (χ4n) is 3.50. The van der Waals surface area contributed by atoms with Crippen LogP contribution in [0.15, 0.2) is 52.2 Å². The first-order valence-corrected chi connectivity index (χ1v) is 10.5. The van der Waals surface area contributed by atoms with Crippen LogP contribution >= 0.6 is 11.8 Å². The van der Waals surface area contributed by atoms with E-state index in [0.717, 1.165) is 53.8 Å². The fraction of sp³-hybridized carbons (Fsp3) is 0.381. The van der Waals surface area contributed by atoms with Gasteiger partial charge in [0.05, 0.1) is 23.6 Å². The summed E-state index contributed by atoms with van der Waals surface area (Å²) in [5, 5.41) is 9.41. The number of benzene rings is 1. The lowest BCUT2D eigenvalue weighted by atomic mass is 10.2. The number of amides is 1. The standard InChI is InChI=1S/C21H24N4O2S/c1-15-18(10-13-27-15)19-22-23-21(25(19)14-17-8-4-3-5-9-17)28-16(2)20(26)24-11-6-7-12-24/h3-5,8-10,13,16H,6-7,11-12,14H2,1-2H3. The van der Waals surface area contributed by atoms with Gasteiger partial charge in [0.15, 0.2) is 11.0 Å². The molecule has 28 heavy (non-hydrogen) atoms. The smallest absolute Gasteiger partial charge is 0.235 e. The van der Waals surface area contributed by atoms with E-state index in [1.807, 2.05) is 43.0 Å². The van der Waals surface area contributed by atoms with E-state index in [0.29, 0.717) is 6.54 Å². The maximum Gasteiger partial charge on any atom is 0.235 e. The molecule has 6 nitrogen and oxygen atoms in total. The van der Waals surface area contributed by atoms with E-state index in [4.69, 9.17) is 4.42 Å². The van der Waals surface area contributed by atoms with Gasteiger partial charge in [0.1, 0.15) is 5.76 Å². The summed E-state index contributed by atoms with van der Waals surface area (Å²) >= 11 is 1.48. The van der Waals surface area contributed by atoms with E-state index in [9.17, 15) is 4.79 Å². The van der Waals surface area contributed by atoms with Crippen LogP contribution in [-0.4, -0.2) is 43.9 Å². The van der Waals surface area contributed by atoms with E-state index in [1.165, 1.54) is 11.8 Å². The summed E-state index contributed by atoms with van der Waals surface area (Å²) in [5.41, 5.74) is 2.08. The minimum absolute atomic E-state index is 0.179. The van der Waals surface area contributed by atoms with Gasteiger partial charge < -0.3 is 9.32 Å². The maximum absolute atomic E-state index is 12.7. The number of furan rings is 1. The molecule has 146 valence electrons. The fourth-order valence-corrected chi connectivity index (χ4v) is 4.44.